The number of hydrogen-bond donors (Lipinski definition) is 1. The molecule has 1 N–H and O–H groups in total. The Kier molecular flexibility index (Phi) is 4.62. The lowest BCUT2D eigenvalue weighted by Crippen LogP contribution is -2.47. The Morgan fingerprint density at radius 1 is 1.44 bits per heavy atom. The van der Waals surface area contributed by atoms with E-state index in [9.17, 15) is 4.79 Å². The third-order valence-electron chi connectivity index (χ3n) is 4.34. The molecule has 1 saturated carbocycles. The molecule has 0 aromatic carbocycles. The molecule has 1 amide bonds. The van der Waals surface area contributed by atoms with Crippen LogP contribution in [0.15, 0.2) is 0 Å². The van der Waals surface area contributed by atoms with Gasteiger partial charge in [-0.1, -0.05) is 19.8 Å². The minimum absolute atomic E-state index is 0.0260. The summed E-state index contributed by atoms with van der Waals surface area (Å²) in [6.07, 6.45) is 6.92. The summed E-state index contributed by atoms with van der Waals surface area (Å²) in [4.78, 5) is 14.5. The molecule has 4 atom stereocenters. The second-order valence-corrected chi connectivity index (χ2v) is 5.56. The number of methoxy groups -OCH3 is 1. The molecule has 4 unspecified atom stereocenters. The molecule has 0 bridgehead atoms. The zero-order valence-corrected chi connectivity index (χ0v) is 11.8. The van der Waals surface area contributed by atoms with Crippen LogP contribution in [0, 0.1) is 0 Å². The van der Waals surface area contributed by atoms with Crippen LogP contribution < -0.4 is 5.32 Å². The summed E-state index contributed by atoms with van der Waals surface area (Å²) in [5, 5.41) is 3.43. The summed E-state index contributed by atoms with van der Waals surface area (Å²) in [7, 11) is 1.76. The summed E-state index contributed by atoms with van der Waals surface area (Å²) in [6.45, 7) is 4.26. The molecule has 1 saturated heterocycles. The lowest BCUT2D eigenvalue weighted by atomic mass is 10.1. The maximum Gasteiger partial charge on any atom is 0.241 e. The number of carbonyl (C=O) groups is 1. The first-order chi connectivity index (χ1) is 8.69. The quantitative estimate of drug-likeness (QED) is 0.814. The second-order valence-electron chi connectivity index (χ2n) is 5.56. The summed E-state index contributed by atoms with van der Waals surface area (Å²) >= 11 is 0. The summed E-state index contributed by atoms with van der Waals surface area (Å²) < 4.78 is 5.53. The van der Waals surface area contributed by atoms with E-state index in [-0.39, 0.29) is 30.3 Å². The van der Waals surface area contributed by atoms with Gasteiger partial charge in [-0.15, -0.1) is 0 Å². The van der Waals surface area contributed by atoms with Crippen molar-refractivity contribution in [3.63, 3.8) is 0 Å². The van der Waals surface area contributed by atoms with Gasteiger partial charge in [-0.25, -0.2) is 0 Å². The Labute approximate surface area is 110 Å². The molecule has 1 heterocycles. The zero-order chi connectivity index (χ0) is 13.1. The monoisotopic (exact) mass is 254 g/mol. The third-order valence-corrected chi connectivity index (χ3v) is 4.34. The zero-order valence-electron chi connectivity index (χ0n) is 11.8. The molecule has 1 aliphatic heterocycles. The van der Waals surface area contributed by atoms with E-state index < -0.39 is 0 Å². The van der Waals surface area contributed by atoms with E-state index in [2.05, 4.69) is 19.2 Å². The van der Waals surface area contributed by atoms with Gasteiger partial charge in [-0.3, -0.25) is 10.1 Å². The van der Waals surface area contributed by atoms with Crippen LogP contribution in [-0.2, 0) is 9.53 Å². The molecule has 4 heteroatoms. The third kappa shape index (κ3) is 2.54. The average Bonchev–Trinajstić information content (AvgIpc) is 2.91. The maximum absolute atomic E-state index is 12.5. The van der Waals surface area contributed by atoms with Crippen molar-refractivity contribution >= 4 is 5.91 Å². The Balaban J connectivity index is 2.02. The highest BCUT2D eigenvalue weighted by atomic mass is 16.5. The maximum atomic E-state index is 12.5. The molecule has 0 spiro atoms. The predicted octanol–water partition coefficient (Wildman–Crippen LogP) is 1.89. The van der Waals surface area contributed by atoms with Crippen molar-refractivity contribution in [1.29, 1.82) is 0 Å². The molecular weight excluding hydrogens is 228 g/mol. The van der Waals surface area contributed by atoms with Crippen LogP contribution in [0.5, 0.6) is 0 Å². The van der Waals surface area contributed by atoms with Crippen molar-refractivity contribution in [3.05, 3.63) is 0 Å². The number of nitrogens with zero attached hydrogens (tertiary/aromatic N) is 1. The first kappa shape index (κ1) is 13.8. The molecule has 0 radical (unpaired) electrons. The van der Waals surface area contributed by atoms with Crippen LogP contribution in [0.4, 0.5) is 0 Å². The summed E-state index contributed by atoms with van der Waals surface area (Å²) in [5.41, 5.74) is 0. The fourth-order valence-electron chi connectivity index (χ4n) is 3.38. The number of carbonyl (C=O) groups excluding carboxylic acids is 1. The SMILES string of the molecule is CCCCC1NC(C)N(C2CCCC2OC)C1=O. The van der Waals surface area contributed by atoms with E-state index >= 15 is 0 Å². The van der Waals surface area contributed by atoms with Crippen molar-refractivity contribution in [2.24, 2.45) is 0 Å². The van der Waals surface area contributed by atoms with Gasteiger partial charge in [0, 0.05) is 7.11 Å². The van der Waals surface area contributed by atoms with Crippen LogP contribution in [0.3, 0.4) is 0 Å². The standard InChI is InChI=1S/C14H26N2O2/c1-4-5-7-11-14(17)16(10(2)15-11)12-8-6-9-13(12)18-3/h10-13,15H,4-9H2,1-3H3. The first-order valence-corrected chi connectivity index (χ1v) is 7.30. The highest BCUT2D eigenvalue weighted by molar-refractivity contribution is 5.84. The molecule has 2 fully saturated rings. The minimum atomic E-state index is 0.0260. The van der Waals surface area contributed by atoms with Gasteiger partial charge in [0.2, 0.25) is 5.91 Å². The van der Waals surface area contributed by atoms with Crippen molar-refractivity contribution < 1.29 is 9.53 Å². The van der Waals surface area contributed by atoms with E-state index in [0.29, 0.717) is 0 Å². The van der Waals surface area contributed by atoms with Gasteiger partial charge in [-0.05, 0) is 32.6 Å². The van der Waals surface area contributed by atoms with Gasteiger partial charge >= 0.3 is 0 Å². The van der Waals surface area contributed by atoms with E-state index in [1.165, 1.54) is 6.42 Å². The van der Waals surface area contributed by atoms with Gasteiger partial charge in [0.25, 0.3) is 0 Å². The molecular formula is C14H26N2O2. The number of hydrogen-bond acceptors (Lipinski definition) is 3. The van der Waals surface area contributed by atoms with Crippen LogP contribution in [0.1, 0.15) is 52.4 Å². The van der Waals surface area contributed by atoms with Crippen LogP contribution in [-0.4, -0.2) is 42.3 Å². The molecule has 1 aliphatic carbocycles. The van der Waals surface area contributed by atoms with E-state index in [0.717, 1.165) is 32.1 Å². The van der Waals surface area contributed by atoms with Crippen molar-refractivity contribution in [1.82, 2.24) is 10.2 Å². The number of rotatable bonds is 5. The highest BCUT2D eigenvalue weighted by Gasteiger charge is 2.44. The van der Waals surface area contributed by atoms with Crippen LogP contribution in [0.2, 0.25) is 0 Å². The van der Waals surface area contributed by atoms with Gasteiger partial charge in [0.15, 0.2) is 0 Å². The van der Waals surface area contributed by atoms with Crippen molar-refractivity contribution in [2.75, 3.05) is 7.11 Å². The smallest absolute Gasteiger partial charge is 0.241 e. The Hall–Kier alpha value is -0.610. The molecule has 4 nitrogen and oxygen atoms in total. The van der Waals surface area contributed by atoms with E-state index in [1.54, 1.807) is 7.11 Å². The number of amides is 1. The van der Waals surface area contributed by atoms with Crippen LogP contribution in [0.25, 0.3) is 0 Å². The second kappa shape index (κ2) is 6.02. The summed E-state index contributed by atoms with van der Waals surface area (Å²) in [5.74, 6) is 0.282. The van der Waals surface area contributed by atoms with Crippen molar-refractivity contribution in [2.45, 2.75) is 76.7 Å². The lowest BCUT2D eigenvalue weighted by molar-refractivity contribution is -0.134. The topological polar surface area (TPSA) is 41.6 Å². The molecule has 0 aromatic heterocycles. The molecule has 0 aromatic rings. The van der Waals surface area contributed by atoms with Crippen LogP contribution >= 0.6 is 0 Å². The Morgan fingerprint density at radius 2 is 2.22 bits per heavy atom. The van der Waals surface area contributed by atoms with Crippen molar-refractivity contribution in [3.8, 4) is 0 Å². The Morgan fingerprint density at radius 3 is 2.89 bits per heavy atom. The molecule has 2 aliphatic rings. The first-order valence-electron chi connectivity index (χ1n) is 7.30. The fourth-order valence-corrected chi connectivity index (χ4v) is 3.38. The molecule has 104 valence electrons. The van der Waals surface area contributed by atoms with Gasteiger partial charge in [0.1, 0.15) is 0 Å². The normalized spacial score (nSPS) is 36.6. The van der Waals surface area contributed by atoms with Gasteiger partial charge in [0.05, 0.1) is 24.4 Å². The van der Waals surface area contributed by atoms with E-state index in [1.807, 2.05) is 4.90 Å². The van der Waals surface area contributed by atoms with E-state index in [4.69, 9.17) is 4.74 Å². The highest BCUT2D eigenvalue weighted by Crippen LogP contribution is 2.30. The molecule has 2 rings (SSSR count). The lowest BCUT2D eigenvalue weighted by Gasteiger charge is -2.31. The fraction of sp³-hybridized carbons (Fsp3) is 0.929. The van der Waals surface area contributed by atoms with Gasteiger partial charge < -0.3 is 9.64 Å². The minimum Gasteiger partial charge on any atom is -0.379 e. The number of nitrogens with one attached hydrogen (secondary N) is 1. The number of ether oxygens (including phenoxy) is 1. The average molecular weight is 254 g/mol. The predicted molar refractivity (Wildman–Crippen MR) is 71.2 cm³/mol. The summed E-state index contributed by atoms with van der Waals surface area (Å²) in [6, 6.07) is 0.301. The number of unbranched alkanes of at least 4 members (excludes halogenated alkanes) is 1. The molecule has 18 heavy (non-hydrogen) atoms. The Bertz CT molecular complexity index is 296. The van der Waals surface area contributed by atoms with Gasteiger partial charge in [-0.2, -0.15) is 0 Å². The largest absolute Gasteiger partial charge is 0.379 e.